The third-order valence-electron chi connectivity index (χ3n) is 3.20. The molecule has 0 saturated carbocycles. The molecule has 1 fully saturated rings. The lowest BCUT2D eigenvalue weighted by molar-refractivity contribution is -0.137. The summed E-state index contributed by atoms with van der Waals surface area (Å²) in [6.07, 6.45) is -0.0399. The van der Waals surface area contributed by atoms with Crippen molar-refractivity contribution in [1.29, 1.82) is 0 Å². The summed E-state index contributed by atoms with van der Waals surface area (Å²) in [6, 6.07) is -0.0829. The topological polar surface area (TPSA) is 70.1 Å². The van der Waals surface area contributed by atoms with E-state index in [1.165, 1.54) is 0 Å². The fourth-order valence-electron chi connectivity index (χ4n) is 2.09. The molecular formula is C13H24N2O4. The molecule has 1 N–H and O–H groups in total. The number of hydrogen-bond donors (Lipinski definition) is 1. The van der Waals surface area contributed by atoms with Gasteiger partial charge in [0.05, 0.1) is 25.7 Å². The van der Waals surface area contributed by atoms with Crippen molar-refractivity contribution in [2.75, 3.05) is 26.3 Å². The molecular weight excluding hydrogens is 248 g/mol. The van der Waals surface area contributed by atoms with E-state index in [-0.39, 0.29) is 25.0 Å². The molecule has 2 amide bonds. The van der Waals surface area contributed by atoms with Gasteiger partial charge in [0.2, 0.25) is 0 Å². The van der Waals surface area contributed by atoms with Crippen LogP contribution in [0.15, 0.2) is 0 Å². The molecule has 0 aliphatic carbocycles. The molecule has 0 aromatic rings. The Morgan fingerprint density at radius 3 is 2.53 bits per heavy atom. The lowest BCUT2D eigenvalue weighted by Gasteiger charge is -2.42. The number of carbonyl (C=O) groups excluding carboxylic acids is 1. The van der Waals surface area contributed by atoms with E-state index >= 15 is 0 Å². The van der Waals surface area contributed by atoms with Crippen LogP contribution in [-0.2, 0) is 9.53 Å². The SMILES string of the molecule is CC1COCCN1C(=O)N(CCC(=O)O)C(C)(C)C. The van der Waals surface area contributed by atoms with Crippen LogP contribution in [-0.4, -0.2) is 64.8 Å². The maximum atomic E-state index is 12.6. The van der Waals surface area contributed by atoms with Gasteiger partial charge in [-0.25, -0.2) is 4.79 Å². The zero-order valence-electron chi connectivity index (χ0n) is 12.2. The Bertz CT molecular complexity index is 338. The summed E-state index contributed by atoms with van der Waals surface area (Å²) in [5.74, 6) is -0.892. The van der Waals surface area contributed by atoms with Crippen LogP contribution in [0.5, 0.6) is 0 Å². The molecule has 1 rings (SSSR count). The summed E-state index contributed by atoms with van der Waals surface area (Å²) < 4.78 is 5.32. The molecule has 0 aromatic heterocycles. The average molecular weight is 272 g/mol. The number of rotatable bonds is 3. The minimum atomic E-state index is -0.892. The maximum Gasteiger partial charge on any atom is 0.320 e. The van der Waals surface area contributed by atoms with Gasteiger partial charge in [-0.15, -0.1) is 0 Å². The number of carboxylic acids is 1. The predicted molar refractivity (Wildman–Crippen MR) is 71.1 cm³/mol. The van der Waals surface area contributed by atoms with Gasteiger partial charge in [0.25, 0.3) is 0 Å². The summed E-state index contributed by atoms with van der Waals surface area (Å²) in [5, 5.41) is 8.80. The number of urea groups is 1. The molecule has 0 radical (unpaired) electrons. The number of aliphatic carboxylic acids is 1. The van der Waals surface area contributed by atoms with Crippen molar-refractivity contribution in [1.82, 2.24) is 9.80 Å². The minimum Gasteiger partial charge on any atom is -0.481 e. The number of nitrogens with zero attached hydrogens (tertiary/aromatic N) is 2. The fraction of sp³-hybridized carbons (Fsp3) is 0.846. The van der Waals surface area contributed by atoms with E-state index in [0.717, 1.165) is 0 Å². The average Bonchev–Trinajstić information content (AvgIpc) is 2.27. The third kappa shape index (κ3) is 4.38. The van der Waals surface area contributed by atoms with Crippen LogP contribution < -0.4 is 0 Å². The van der Waals surface area contributed by atoms with Gasteiger partial charge < -0.3 is 19.6 Å². The summed E-state index contributed by atoms with van der Waals surface area (Å²) in [4.78, 5) is 26.7. The molecule has 1 unspecified atom stereocenters. The van der Waals surface area contributed by atoms with Crippen LogP contribution in [0.2, 0.25) is 0 Å². The zero-order chi connectivity index (χ0) is 14.6. The number of hydrogen-bond acceptors (Lipinski definition) is 3. The van der Waals surface area contributed by atoms with Crippen molar-refractivity contribution in [3.8, 4) is 0 Å². The highest BCUT2D eigenvalue weighted by molar-refractivity contribution is 5.76. The Labute approximate surface area is 114 Å². The first-order valence-electron chi connectivity index (χ1n) is 6.61. The Morgan fingerprint density at radius 2 is 2.05 bits per heavy atom. The molecule has 19 heavy (non-hydrogen) atoms. The number of ether oxygens (including phenoxy) is 1. The van der Waals surface area contributed by atoms with Crippen molar-refractivity contribution >= 4 is 12.0 Å². The summed E-state index contributed by atoms with van der Waals surface area (Å²) in [5.41, 5.74) is -0.398. The Kier molecular flexibility index (Phi) is 5.17. The second-order valence-corrected chi connectivity index (χ2v) is 5.87. The van der Waals surface area contributed by atoms with Crippen LogP contribution in [0.4, 0.5) is 4.79 Å². The predicted octanol–water partition coefficient (Wildman–Crippen LogP) is 1.40. The van der Waals surface area contributed by atoms with Crippen LogP contribution in [0.3, 0.4) is 0 Å². The van der Waals surface area contributed by atoms with Gasteiger partial charge in [-0.05, 0) is 27.7 Å². The smallest absolute Gasteiger partial charge is 0.320 e. The van der Waals surface area contributed by atoms with E-state index in [1.54, 1.807) is 9.80 Å². The lowest BCUT2D eigenvalue weighted by Crippen LogP contribution is -2.57. The van der Waals surface area contributed by atoms with Crippen LogP contribution in [0.1, 0.15) is 34.1 Å². The first-order chi connectivity index (χ1) is 8.73. The van der Waals surface area contributed by atoms with Crippen LogP contribution >= 0.6 is 0 Å². The normalized spacial score (nSPS) is 20.2. The van der Waals surface area contributed by atoms with Crippen molar-refractivity contribution in [3.63, 3.8) is 0 Å². The van der Waals surface area contributed by atoms with Crippen LogP contribution in [0, 0.1) is 0 Å². The quantitative estimate of drug-likeness (QED) is 0.843. The largest absolute Gasteiger partial charge is 0.481 e. The van der Waals surface area contributed by atoms with Gasteiger partial charge in [-0.3, -0.25) is 4.79 Å². The fourth-order valence-corrected chi connectivity index (χ4v) is 2.09. The van der Waals surface area contributed by atoms with E-state index in [4.69, 9.17) is 9.84 Å². The van der Waals surface area contributed by atoms with E-state index < -0.39 is 11.5 Å². The molecule has 6 heteroatoms. The van der Waals surface area contributed by atoms with Crippen molar-refractivity contribution in [3.05, 3.63) is 0 Å². The molecule has 1 atom stereocenters. The van der Waals surface area contributed by atoms with Gasteiger partial charge in [-0.2, -0.15) is 0 Å². The highest BCUT2D eigenvalue weighted by atomic mass is 16.5. The zero-order valence-corrected chi connectivity index (χ0v) is 12.2. The van der Waals surface area contributed by atoms with Gasteiger partial charge in [0.15, 0.2) is 0 Å². The van der Waals surface area contributed by atoms with E-state index in [9.17, 15) is 9.59 Å². The van der Waals surface area contributed by atoms with E-state index in [0.29, 0.717) is 19.8 Å². The molecule has 110 valence electrons. The Hall–Kier alpha value is -1.30. The third-order valence-corrected chi connectivity index (χ3v) is 3.20. The summed E-state index contributed by atoms with van der Waals surface area (Å²) >= 11 is 0. The molecule has 1 aliphatic heterocycles. The first-order valence-corrected chi connectivity index (χ1v) is 6.61. The molecule has 6 nitrogen and oxygen atoms in total. The molecule has 1 saturated heterocycles. The highest BCUT2D eigenvalue weighted by Gasteiger charge is 2.33. The second-order valence-electron chi connectivity index (χ2n) is 5.87. The van der Waals surface area contributed by atoms with Crippen LogP contribution in [0.25, 0.3) is 0 Å². The van der Waals surface area contributed by atoms with Gasteiger partial charge in [0.1, 0.15) is 0 Å². The van der Waals surface area contributed by atoms with Crippen molar-refractivity contribution < 1.29 is 19.4 Å². The maximum absolute atomic E-state index is 12.6. The molecule has 0 spiro atoms. The molecule has 1 heterocycles. The number of amides is 2. The van der Waals surface area contributed by atoms with Gasteiger partial charge in [-0.1, -0.05) is 0 Å². The second kappa shape index (κ2) is 6.23. The van der Waals surface area contributed by atoms with Gasteiger partial charge >= 0.3 is 12.0 Å². The van der Waals surface area contributed by atoms with Crippen molar-refractivity contribution in [2.24, 2.45) is 0 Å². The highest BCUT2D eigenvalue weighted by Crippen LogP contribution is 2.19. The van der Waals surface area contributed by atoms with E-state index in [2.05, 4.69) is 0 Å². The molecule has 0 bridgehead atoms. The standard InChI is InChI=1S/C13H24N2O4/c1-10-9-19-8-7-14(10)12(18)15(13(2,3)4)6-5-11(16)17/h10H,5-9H2,1-4H3,(H,16,17). The monoisotopic (exact) mass is 272 g/mol. The van der Waals surface area contributed by atoms with Gasteiger partial charge in [0, 0.05) is 18.6 Å². The number of carboxylic acid groups (broad SMARTS) is 1. The molecule has 0 aromatic carbocycles. The van der Waals surface area contributed by atoms with E-state index in [1.807, 2.05) is 27.7 Å². The summed E-state index contributed by atoms with van der Waals surface area (Å²) in [6.45, 7) is 9.53. The minimum absolute atomic E-state index is 0.0240. The molecule has 1 aliphatic rings. The summed E-state index contributed by atoms with van der Waals surface area (Å²) in [7, 11) is 0. The Balaban J connectivity index is 2.78. The Morgan fingerprint density at radius 1 is 1.42 bits per heavy atom. The lowest BCUT2D eigenvalue weighted by atomic mass is 10.1. The van der Waals surface area contributed by atoms with Crippen molar-refractivity contribution in [2.45, 2.75) is 45.7 Å². The number of morpholine rings is 1. The first kappa shape index (κ1) is 15.8. The number of carbonyl (C=O) groups is 2.